The van der Waals surface area contributed by atoms with Crippen molar-refractivity contribution in [1.82, 2.24) is 19.9 Å². The highest BCUT2D eigenvalue weighted by atomic mass is 32.2. The SMILES string of the molecule is CSc1nc(N)cc(NCc2ccnc(C)n2)n1. The summed E-state index contributed by atoms with van der Waals surface area (Å²) < 4.78 is 0. The Labute approximate surface area is 109 Å². The molecule has 0 atom stereocenters. The molecule has 2 aromatic heterocycles. The van der Waals surface area contributed by atoms with Gasteiger partial charge in [-0.25, -0.2) is 19.9 Å². The average Bonchev–Trinajstić information content (AvgIpc) is 2.36. The van der Waals surface area contributed by atoms with E-state index in [1.165, 1.54) is 11.8 Å². The Bertz CT molecular complexity index is 545. The quantitative estimate of drug-likeness (QED) is 0.637. The number of nitrogens with two attached hydrogens (primary N) is 1. The van der Waals surface area contributed by atoms with Gasteiger partial charge in [-0.15, -0.1) is 0 Å². The Morgan fingerprint density at radius 3 is 2.89 bits per heavy atom. The number of nitrogens with one attached hydrogen (secondary N) is 1. The predicted octanol–water partition coefficient (Wildman–Crippen LogP) is 1.49. The first-order chi connectivity index (χ1) is 8.67. The van der Waals surface area contributed by atoms with Crippen molar-refractivity contribution in [2.24, 2.45) is 0 Å². The molecule has 0 saturated carbocycles. The number of nitrogens with zero attached hydrogens (tertiary/aromatic N) is 4. The molecule has 0 saturated heterocycles. The van der Waals surface area contributed by atoms with Gasteiger partial charge in [0, 0.05) is 12.3 Å². The fourth-order valence-electron chi connectivity index (χ4n) is 1.41. The molecule has 0 bridgehead atoms. The molecular weight excluding hydrogens is 248 g/mol. The second kappa shape index (κ2) is 5.63. The number of hydrogen-bond acceptors (Lipinski definition) is 7. The van der Waals surface area contributed by atoms with Crippen LogP contribution < -0.4 is 11.1 Å². The van der Waals surface area contributed by atoms with Crippen LogP contribution in [0.25, 0.3) is 0 Å². The van der Waals surface area contributed by atoms with Gasteiger partial charge in [-0.1, -0.05) is 11.8 Å². The van der Waals surface area contributed by atoms with E-state index in [1.54, 1.807) is 12.3 Å². The Kier molecular flexibility index (Phi) is 3.93. The van der Waals surface area contributed by atoms with Gasteiger partial charge in [-0.05, 0) is 19.2 Å². The van der Waals surface area contributed by atoms with E-state index in [4.69, 9.17) is 5.73 Å². The predicted molar refractivity (Wildman–Crippen MR) is 72.3 cm³/mol. The first-order valence-corrected chi connectivity index (χ1v) is 6.61. The minimum absolute atomic E-state index is 0.454. The highest BCUT2D eigenvalue weighted by Gasteiger charge is 2.02. The third-order valence-electron chi connectivity index (χ3n) is 2.19. The van der Waals surface area contributed by atoms with Crippen LogP contribution in [-0.4, -0.2) is 26.2 Å². The zero-order chi connectivity index (χ0) is 13.0. The van der Waals surface area contributed by atoms with Gasteiger partial charge in [0.2, 0.25) is 0 Å². The van der Waals surface area contributed by atoms with Gasteiger partial charge in [-0.2, -0.15) is 0 Å². The van der Waals surface area contributed by atoms with E-state index in [-0.39, 0.29) is 0 Å². The molecule has 0 aliphatic heterocycles. The van der Waals surface area contributed by atoms with E-state index in [0.29, 0.717) is 23.3 Å². The van der Waals surface area contributed by atoms with E-state index in [1.807, 2.05) is 19.2 Å². The van der Waals surface area contributed by atoms with Crippen molar-refractivity contribution >= 4 is 23.4 Å². The number of thioether (sulfide) groups is 1. The Balaban J connectivity index is 2.08. The third-order valence-corrected chi connectivity index (χ3v) is 2.74. The average molecular weight is 262 g/mol. The zero-order valence-electron chi connectivity index (χ0n) is 10.2. The van der Waals surface area contributed by atoms with Crippen LogP contribution in [0, 0.1) is 6.92 Å². The first kappa shape index (κ1) is 12.6. The molecule has 7 heteroatoms. The fraction of sp³-hybridized carbons (Fsp3) is 0.273. The molecule has 0 aliphatic rings. The monoisotopic (exact) mass is 262 g/mol. The largest absolute Gasteiger partial charge is 0.383 e. The minimum atomic E-state index is 0.454. The van der Waals surface area contributed by atoms with E-state index in [0.717, 1.165) is 11.5 Å². The number of anilines is 2. The summed E-state index contributed by atoms with van der Waals surface area (Å²) in [7, 11) is 0. The van der Waals surface area contributed by atoms with E-state index in [9.17, 15) is 0 Å². The summed E-state index contributed by atoms with van der Waals surface area (Å²) in [5.41, 5.74) is 6.61. The second-order valence-corrected chi connectivity index (χ2v) is 4.39. The topological polar surface area (TPSA) is 89.6 Å². The van der Waals surface area contributed by atoms with E-state index < -0.39 is 0 Å². The Morgan fingerprint density at radius 1 is 1.33 bits per heavy atom. The number of rotatable bonds is 4. The van der Waals surface area contributed by atoms with Gasteiger partial charge in [0.25, 0.3) is 0 Å². The maximum atomic E-state index is 5.70. The normalized spacial score (nSPS) is 10.3. The first-order valence-electron chi connectivity index (χ1n) is 5.38. The van der Waals surface area contributed by atoms with Crippen molar-refractivity contribution in [3.8, 4) is 0 Å². The summed E-state index contributed by atoms with van der Waals surface area (Å²) in [6, 6.07) is 3.56. The van der Waals surface area contributed by atoms with Gasteiger partial charge < -0.3 is 11.1 Å². The molecule has 0 spiro atoms. The summed E-state index contributed by atoms with van der Waals surface area (Å²) in [4.78, 5) is 16.7. The molecule has 2 rings (SSSR count). The summed E-state index contributed by atoms with van der Waals surface area (Å²) >= 11 is 1.45. The lowest BCUT2D eigenvalue weighted by molar-refractivity contribution is 0.927. The molecular formula is C11H14N6S. The van der Waals surface area contributed by atoms with Crippen LogP contribution in [0.15, 0.2) is 23.5 Å². The number of hydrogen-bond donors (Lipinski definition) is 2. The van der Waals surface area contributed by atoms with Crippen molar-refractivity contribution < 1.29 is 0 Å². The van der Waals surface area contributed by atoms with E-state index >= 15 is 0 Å². The fourth-order valence-corrected chi connectivity index (χ4v) is 1.80. The van der Waals surface area contributed by atoms with E-state index in [2.05, 4.69) is 25.3 Å². The van der Waals surface area contributed by atoms with Crippen molar-refractivity contribution in [1.29, 1.82) is 0 Å². The van der Waals surface area contributed by atoms with Crippen molar-refractivity contribution in [3.05, 3.63) is 29.8 Å². The van der Waals surface area contributed by atoms with Crippen LogP contribution in [0.4, 0.5) is 11.6 Å². The van der Waals surface area contributed by atoms with Crippen LogP contribution in [0.5, 0.6) is 0 Å². The Morgan fingerprint density at radius 2 is 2.17 bits per heavy atom. The minimum Gasteiger partial charge on any atom is -0.383 e. The maximum Gasteiger partial charge on any atom is 0.191 e. The number of aryl methyl sites for hydroxylation is 1. The van der Waals surface area contributed by atoms with Crippen molar-refractivity contribution in [2.45, 2.75) is 18.6 Å². The molecule has 94 valence electrons. The van der Waals surface area contributed by atoms with Gasteiger partial charge >= 0.3 is 0 Å². The highest BCUT2D eigenvalue weighted by Crippen LogP contribution is 2.15. The summed E-state index contributed by atoms with van der Waals surface area (Å²) in [6.45, 7) is 2.44. The summed E-state index contributed by atoms with van der Waals surface area (Å²) in [6.07, 6.45) is 3.65. The molecule has 0 fully saturated rings. The molecule has 0 amide bonds. The third kappa shape index (κ3) is 3.30. The van der Waals surface area contributed by atoms with Crippen LogP contribution in [0.3, 0.4) is 0 Å². The van der Waals surface area contributed by atoms with Gasteiger partial charge in [-0.3, -0.25) is 0 Å². The summed E-state index contributed by atoms with van der Waals surface area (Å²) in [5.74, 6) is 1.90. The lowest BCUT2D eigenvalue weighted by atomic mass is 10.4. The van der Waals surface area contributed by atoms with Crippen molar-refractivity contribution in [3.63, 3.8) is 0 Å². The van der Waals surface area contributed by atoms with Crippen molar-refractivity contribution in [2.75, 3.05) is 17.3 Å². The molecule has 3 N–H and O–H groups in total. The standard InChI is InChI=1S/C11H14N6S/c1-7-13-4-3-8(15-7)6-14-10-5-9(12)16-11(17-10)18-2/h3-5H,6H2,1-2H3,(H3,12,14,16,17). The number of nitrogen functional groups attached to an aromatic ring is 1. The van der Waals surface area contributed by atoms with Gasteiger partial charge in [0.05, 0.1) is 12.2 Å². The molecule has 0 unspecified atom stereocenters. The molecule has 6 nitrogen and oxygen atoms in total. The molecule has 0 aromatic carbocycles. The van der Waals surface area contributed by atoms with Crippen LogP contribution in [0.2, 0.25) is 0 Å². The molecule has 0 aliphatic carbocycles. The van der Waals surface area contributed by atoms with Gasteiger partial charge in [0.1, 0.15) is 17.5 Å². The maximum absolute atomic E-state index is 5.70. The number of aromatic nitrogens is 4. The lowest BCUT2D eigenvalue weighted by Crippen LogP contribution is -2.06. The zero-order valence-corrected chi connectivity index (χ0v) is 11.0. The summed E-state index contributed by atoms with van der Waals surface area (Å²) in [5, 5.41) is 3.82. The molecule has 2 aromatic rings. The highest BCUT2D eigenvalue weighted by molar-refractivity contribution is 7.98. The Hall–Kier alpha value is -1.89. The molecule has 18 heavy (non-hydrogen) atoms. The lowest BCUT2D eigenvalue weighted by Gasteiger charge is -2.07. The van der Waals surface area contributed by atoms with Crippen LogP contribution in [-0.2, 0) is 6.54 Å². The molecule has 2 heterocycles. The second-order valence-electron chi connectivity index (χ2n) is 3.61. The molecule has 0 radical (unpaired) electrons. The smallest absolute Gasteiger partial charge is 0.191 e. The van der Waals surface area contributed by atoms with Gasteiger partial charge in [0.15, 0.2) is 5.16 Å². The van der Waals surface area contributed by atoms with Crippen LogP contribution >= 0.6 is 11.8 Å². The van der Waals surface area contributed by atoms with Crippen LogP contribution in [0.1, 0.15) is 11.5 Å².